The predicted molar refractivity (Wildman–Crippen MR) is 46.0 cm³/mol. The van der Waals surface area contributed by atoms with Gasteiger partial charge in [-0.1, -0.05) is 0 Å². The highest BCUT2D eigenvalue weighted by atomic mass is 15.0. The average molecular weight is 144 g/mol. The Balaban J connectivity index is 3.56. The van der Waals surface area contributed by atoms with Crippen LogP contribution in [-0.2, 0) is 0 Å². The molecule has 0 atom stereocenters. The summed E-state index contributed by atoms with van der Waals surface area (Å²) in [6, 6.07) is 0. The van der Waals surface area contributed by atoms with Gasteiger partial charge in [-0.2, -0.15) is 0 Å². The van der Waals surface area contributed by atoms with E-state index >= 15 is 0 Å². The van der Waals surface area contributed by atoms with Gasteiger partial charge in [-0.15, -0.1) is 0 Å². The lowest BCUT2D eigenvalue weighted by atomic mass is 10.0. The molecule has 0 spiro atoms. The topological polar surface area (TPSA) is 38.0 Å². The zero-order valence-corrected chi connectivity index (χ0v) is 7.78. The Morgan fingerprint density at radius 2 is 1.50 bits per heavy atom. The molecule has 62 valence electrons. The molecule has 0 rings (SSSR count). The lowest BCUT2D eigenvalue weighted by Gasteiger charge is -2.27. The summed E-state index contributed by atoms with van der Waals surface area (Å²) in [5.41, 5.74) is 5.85. The standard InChI is InChI=1S/C8H20N2/c1-7(2,3)10-6-8(4,5)9/h10H,6,9H2,1-5H3. The van der Waals surface area contributed by atoms with Gasteiger partial charge in [0.05, 0.1) is 0 Å². The van der Waals surface area contributed by atoms with Crippen molar-refractivity contribution < 1.29 is 0 Å². The van der Waals surface area contributed by atoms with E-state index in [1.54, 1.807) is 0 Å². The Kier molecular flexibility index (Phi) is 2.86. The summed E-state index contributed by atoms with van der Waals surface area (Å²) in [5, 5.41) is 3.34. The summed E-state index contributed by atoms with van der Waals surface area (Å²) in [5.74, 6) is 0. The molecule has 0 aliphatic heterocycles. The van der Waals surface area contributed by atoms with Crippen LogP contribution in [0.4, 0.5) is 0 Å². The van der Waals surface area contributed by atoms with Crippen molar-refractivity contribution in [2.75, 3.05) is 6.54 Å². The molecule has 0 aromatic rings. The second kappa shape index (κ2) is 2.89. The average Bonchev–Trinajstić information content (AvgIpc) is 1.57. The molecule has 0 radical (unpaired) electrons. The fourth-order valence-electron chi connectivity index (χ4n) is 0.493. The van der Waals surface area contributed by atoms with E-state index in [1.165, 1.54) is 0 Å². The molecule has 3 N–H and O–H groups in total. The first-order chi connectivity index (χ1) is 4.21. The van der Waals surface area contributed by atoms with Gasteiger partial charge in [0.15, 0.2) is 0 Å². The molecule has 0 amide bonds. The first kappa shape index (κ1) is 9.92. The van der Waals surface area contributed by atoms with Crippen molar-refractivity contribution in [2.45, 2.75) is 45.7 Å². The Bertz CT molecular complexity index is 80.8. The predicted octanol–water partition coefficient (Wildman–Crippen LogP) is 1.11. The van der Waals surface area contributed by atoms with Gasteiger partial charge in [0.25, 0.3) is 0 Å². The van der Waals surface area contributed by atoms with Crippen LogP contribution in [0.15, 0.2) is 0 Å². The number of hydrogen-bond acceptors (Lipinski definition) is 2. The van der Waals surface area contributed by atoms with Crippen molar-refractivity contribution in [1.82, 2.24) is 5.32 Å². The van der Waals surface area contributed by atoms with E-state index in [-0.39, 0.29) is 11.1 Å². The molecule has 2 nitrogen and oxygen atoms in total. The van der Waals surface area contributed by atoms with E-state index in [0.29, 0.717) is 0 Å². The summed E-state index contributed by atoms with van der Waals surface area (Å²) in [6.07, 6.45) is 0. The maximum absolute atomic E-state index is 5.78. The molecule has 0 aliphatic rings. The lowest BCUT2D eigenvalue weighted by molar-refractivity contribution is 0.364. The van der Waals surface area contributed by atoms with Crippen molar-refractivity contribution in [3.8, 4) is 0 Å². The SMILES string of the molecule is CC(C)(N)CNC(C)(C)C. The minimum Gasteiger partial charge on any atom is -0.324 e. The van der Waals surface area contributed by atoms with Crippen LogP contribution >= 0.6 is 0 Å². The van der Waals surface area contributed by atoms with Crippen LogP contribution < -0.4 is 11.1 Å². The highest BCUT2D eigenvalue weighted by Gasteiger charge is 2.15. The normalized spacial score (nSPS) is 13.8. The molecule has 0 saturated heterocycles. The molecule has 10 heavy (non-hydrogen) atoms. The van der Waals surface area contributed by atoms with Gasteiger partial charge in [-0.3, -0.25) is 0 Å². The van der Waals surface area contributed by atoms with E-state index in [4.69, 9.17) is 5.73 Å². The summed E-state index contributed by atoms with van der Waals surface area (Å²) in [7, 11) is 0. The molecule has 0 bridgehead atoms. The quantitative estimate of drug-likeness (QED) is 0.609. The molecular weight excluding hydrogens is 124 g/mol. The minimum absolute atomic E-state index is 0.104. The van der Waals surface area contributed by atoms with E-state index in [1.807, 2.05) is 13.8 Å². The maximum atomic E-state index is 5.78. The van der Waals surface area contributed by atoms with Gasteiger partial charge >= 0.3 is 0 Å². The third-order valence-corrected chi connectivity index (χ3v) is 1.07. The van der Waals surface area contributed by atoms with Crippen LogP contribution in [0.5, 0.6) is 0 Å². The number of nitrogens with one attached hydrogen (secondary N) is 1. The highest BCUT2D eigenvalue weighted by molar-refractivity contribution is 4.80. The molecule has 0 aromatic carbocycles. The van der Waals surface area contributed by atoms with Gasteiger partial charge in [0.2, 0.25) is 0 Å². The molecule has 0 fully saturated rings. The monoisotopic (exact) mass is 144 g/mol. The van der Waals surface area contributed by atoms with E-state index in [0.717, 1.165) is 6.54 Å². The molecule has 0 saturated carbocycles. The van der Waals surface area contributed by atoms with Crippen LogP contribution in [0.2, 0.25) is 0 Å². The molecule has 0 aliphatic carbocycles. The lowest BCUT2D eigenvalue weighted by Crippen LogP contribution is -2.49. The van der Waals surface area contributed by atoms with Gasteiger partial charge in [0, 0.05) is 17.6 Å². The van der Waals surface area contributed by atoms with Crippen molar-refractivity contribution in [3.05, 3.63) is 0 Å². The fraction of sp³-hybridized carbons (Fsp3) is 1.00. The minimum atomic E-state index is -0.104. The summed E-state index contributed by atoms with van der Waals surface area (Å²) in [6.45, 7) is 11.3. The Morgan fingerprint density at radius 1 is 1.10 bits per heavy atom. The second-order valence-electron chi connectivity index (χ2n) is 4.59. The molecular formula is C8H20N2. The number of nitrogens with two attached hydrogens (primary N) is 1. The van der Waals surface area contributed by atoms with E-state index in [9.17, 15) is 0 Å². The molecule has 0 heterocycles. The second-order valence-corrected chi connectivity index (χ2v) is 4.59. The van der Waals surface area contributed by atoms with Crippen LogP contribution in [0.3, 0.4) is 0 Å². The van der Waals surface area contributed by atoms with Crippen molar-refractivity contribution in [2.24, 2.45) is 5.73 Å². The number of rotatable bonds is 2. The molecule has 2 heteroatoms. The third-order valence-electron chi connectivity index (χ3n) is 1.07. The van der Waals surface area contributed by atoms with Crippen LogP contribution in [0.25, 0.3) is 0 Å². The Hall–Kier alpha value is -0.0800. The van der Waals surface area contributed by atoms with E-state index < -0.39 is 0 Å². The zero-order chi connectivity index (χ0) is 8.41. The van der Waals surface area contributed by atoms with Gasteiger partial charge in [-0.25, -0.2) is 0 Å². The van der Waals surface area contributed by atoms with Gasteiger partial charge < -0.3 is 11.1 Å². The van der Waals surface area contributed by atoms with Crippen LogP contribution in [-0.4, -0.2) is 17.6 Å². The Labute approximate surface area is 64.2 Å². The summed E-state index contributed by atoms with van der Waals surface area (Å²) in [4.78, 5) is 0. The third kappa shape index (κ3) is 7.92. The van der Waals surface area contributed by atoms with Crippen LogP contribution in [0.1, 0.15) is 34.6 Å². The fourth-order valence-corrected chi connectivity index (χ4v) is 0.493. The maximum Gasteiger partial charge on any atom is 0.0223 e. The first-order valence-corrected chi connectivity index (χ1v) is 3.75. The van der Waals surface area contributed by atoms with Crippen molar-refractivity contribution in [1.29, 1.82) is 0 Å². The van der Waals surface area contributed by atoms with E-state index in [2.05, 4.69) is 26.1 Å². The van der Waals surface area contributed by atoms with Gasteiger partial charge in [0.1, 0.15) is 0 Å². The van der Waals surface area contributed by atoms with Crippen molar-refractivity contribution >= 4 is 0 Å². The summed E-state index contributed by atoms with van der Waals surface area (Å²) < 4.78 is 0. The van der Waals surface area contributed by atoms with Crippen LogP contribution in [0, 0.1) is 0 Å². The molecule has 0 unspecified atom stereocenters. The Morgan fingerprint density at radius 3 is 1.60 bits per heavy atom. The highest BCUT2D eigenvalue weighted by Crippen LogP contribution is 2.01. The smallest absolute Gasteiger partial charge is 0.0223 e. The zero-order valence-electron chi connectivity index (χ0n) is 7.78. The molecule has 0 aromatic heterocycles. The summed E-state index contributed by atoms with van der Waals surface area (Å²) >= 11 is 0. The number of hydrogen-bond donors (Lipinski definition) is 2. The van der Waals surface area contributed by atoms with Crippen molar-refractivity contribution in [3.63, 3.8) is 0 Å². The van der Waals surface area contributed by atoms with Gasteiger partial charge in [-0.05, 0) is 34.6 Å². The first-order valence-electron chi connectivity index (χ1n) is 3.75. The largest absolute Gasteiger partial charge is 0.324 e.